The summed E-state index contributed by atoms with van der Waals surface area (Å²) in [6.45, 7) is 1.87. The van der Waals surface area contributed by atoms with E-state index in [1.807, 2.05) is 0 Å². The molecule has 9 heteroatoms. The maximum Gasteiger partial charge on any atom is 0.340 e. The third-order valence-electron chi connectivity index (χ3n) is 3.17. The minimum atomic E-state index is -4.20. The van der Waals surface area contributed by atoms with Gasteiger partial charge in [0, 0.05) is 4.47 Å². The predicted octanol–water partition coefficient (Wildman–Crippen LogP) is 3.18. The Labute approximate surface area is 159 Å². The van der Waals surface area contributed by atoms with Crippen molar-refractivity contribution in [1.82, 2.24) is 0 Å². The van der Waals surface area contributed by atoms with Gasteiger partial charge in [0.05, 0.1) is 24.8 Å². The molecule has 0 amide bonds. The molecule has 0 heterocycles. The van der Waals surface area contributed by atoms with E-state index in [2.05, 4.69) is 20.7 Å². The molecule has 0 atom stereocenters. The van der Waals surface area contributed by atoms with Gasteiger partial charge >= 0.3 is 22.1 Å². The molecule has 0 aromatic heterocycles. The van der Waals surface area contributed by atoms with Gasteiger partial charge in [0.1, 0.15) is 10.6 Å². The third-order valence-corrected chi connectivity index (χ3v) is 5.40. The number of methoxy groups -OCH3 is 1. The molecule has 26 heavy (non-hydrogen) atoms. The van der Waals surface area contributed by atoms with Gasteiger partial charge < -0.3 is 13.7 Å². The number of carbonyl (C=O) groups excluding carboxylic acids is 2. The lowest BCUT2D eigenvalue weighted by molar-refractivity contribution is 0.0525. The quantitative estimate of drug-likeness (QED) is 0.500. The van der Waals surface area contributed by atoms with Gasteiger partial charge in [-0.2, -0.15) is 8.42 Å². The van der Waals surface area contributed by atoms with Gasteiger partial charge in [0.15, 0.2) is 0 Å². The van der Waals surface area contributed by atoms with E-state index < -0.39 is 22.1 Å². The molecule has 2 aromatic carbocycles. The van der Waals surface area contributed by atoms with Crippen molar-refractivity contribution in [2.24, 2.45) is 0 Å². The summed E-state index contributed by atoms with van der Waals surface area (Å²) in [6.07, 6.45) is 0. The van der Waals surface area contributed by atoms with Crippen molar-refractivity contribution in [2.75, 3.05) is 13.7 Å². The van der Waals surface area contributed by atoms with E-state index >= 15 is 0 Å². The Hall–Kier alpha value is -2.39. The maximum absolute atomic E-state index is 12.5. The van der Waals surface area contributed by atoms with Crippen LogP contribution in [-0.4, -0.2) is 34.1 Å². The zero-order valence-corrected chi connectivity index (χ0v) is 16.3. The lowest BCUT2D eigenvalue weighted by atomic mass is 10.2. The number of carbonyl (C=O) groups is 2. The smallest absolute Gasteiger partial charge is 0.340 e. The lowest BCUT2D eigenvalue weighted by Gasteiger charge is -2.10. The summed E-state index contributed by atoms with van der Waals surface area (Å²) in [6, 6.07) is 9.47. The highest BCUT2D eigenvalue weighted by atomic mass is 79.9. The molecule has 0 fully saturated rings. The minimum Gasteiger partial charge on any atom is -0.465 e. The molecule has 0 aliphatic rings. The predicted molar refractivity (Wildman–Crippen MR) is 95.7 cm³/mol. The van der Waals surface area contributed by atoms with Crippen molar-refractivity contribution in [1.29, 1.82) is 0 Å². The van der Waals surface area contributed by atoms with Crippen LogP contribution in [0.3, 0.4) is 0 Å². The van der Waals surface area contributed by atoms with E-state index in [4.69, 9.17) is 8.92 Å². The molecule has 2 aromatic rings. The van der Waals surface area contributed by atoms with E-state index in [1.54, 1.807) is 6.92 Å². The average molecular weight is 443 g/mol. The Kier molecular flexibility index (Phi) is 6.38. The van der Waals surface area contributed by atoms with Crippen LogP contribution in [0.2, 0.25) is 0 Å². The molecular weight excluding hydrogens is 428 g/mol. The summed E-state index contributed by atoms with van der Waals surface area (Å²) in [4.78, 5) is 23.1. The maximum atomic E-state index is 12.5. The number of benzene rings is 2. The summed E-state index contributed by atoms with van der Waals surface area (Å²) in [5.74, 6) is -1.23. The van der Waals surface area contributed by atoms with Crippen molar-refractivity contribution >= 4 is 38.0 Å². The van der Waals surface area contributed by atoms with Crippen LogP contribution >= 0.6 is 15.9 Å². The molecular formula is C17H15BrO7S. The molecule has 0 aliphatic carbocycles. The zero-order chi connectivity index (χ0) is 19.3. The van der Waals surface area contributed by atoms with Crippen LogP contribution in [0.4, 0.5) is 0 Å². The second-order valence-electron chi connectivity index (χ2n) is 4.92. The largest absolute Gasteiger partial charge is 0.465 e. The molecule has 0 unspecified atom stereocenters. The lowest BCUT2D eigenvalue weighted by Crippen LogP contribution is -2.12. The number of hydrogen-bond donors (Lipinski definition) is 0. The van der Waals surface area contributed by atoms with Crippen LogP contribution in [0.1, 0.15) is 27.6 Å². The van der Waals surface area contributed by atoms with Crippen molar-refractivity contribution < 1.29 is 31.7 Å². The summed E-state index contributed by atoms with van der Waals surface area (Å²) >= 11 is 3.12. The van der Waals surface area contributed by atoms with Gasteiger partial charge in [0.2, 0.25) is 0 Å². The van der Waals surface area contributed by atoms with E-state index in [-0.39, 0.29) is 32.9 Å². The van der Waals surface area contributed by atoms with Crippen LogP contribution in [0.5, 0.6) is 5.75 Å². The van der Waals surface area contributed by atoms with E-state index in [1.165, 1.54) is 49.6 Å². The fourth-order valence-electron chi connectivity index (χ4n) is 2.01. The SMILES string of the molecule is CCOC(=O)c1ccc(S(=O)(=O)Oc2cccc(C(=O)OC)c2)c(Br)c1. The summed E-state index contributed by atoms with van der Waals surface area (Å²) < 4.78 is 39.7. The molecule has 0 bridgehead atoms. The standard InChI is InChI=1S/C17H15BrO7S/c1-3-24-17(20)12-7-8-15(14(18)10-12)26(21,22)25-13-6-4-5-11(9-13)16(19)23-2/h4-10H,3H2,1-2H3. The topological polar surface area (TPSA) is 96.0 Å². The molecule has 7 nitrogen and oxygen atoms in total. The van der Waals surface area contributed by atoms with Gasteiger partial charge in [-0.15, -0.1) is 0 Å². The van der Waals surface area contributed by atoms with Crippen molar-refractivity contribution in [3.63, 3.8) is 0 Å². The molecule has 0 saturated heterocycles. The first-order chi connectivity index (χ1) is 12.3. The highest BCUT2D eigenvalue weighted by molar-refractivity contribution is 9.10. The van der Waals surface area contributed by atoms with Crippen molar-refractivity contribution in [2.45, 2.75) is 11.8 Å². The molecule has 0 radical (unpaired) electrons. The molecule has 0 aliphatic heterocycles. The van der Waals surface area contributed by atoms with E-state index in [9.17, 15) is 18.0 Å². The second-order valence-corrected chi connectivity index (χ2v) is 7.29. The Morgan fingerprint density at radius 3 is 2.35 bits per heavy atom. The molecule has 138 valence electrons. The first-order valence-electron chi connectivity index (χ1n) is 7.38. The Morgan fingerprint density at radius 2 is 1.73 bits per heavy atom. The molecule has 0 N–H and O–H groups in total. The van der Waals surface area contributed by atoms with Crippen LogP contribution in [0.25, 0.3) is 0 Å². The average Bonchev–Trinajstić information content (AvgIpc) is 2.60. The van der Waals surface area contributed by atoms with Gasteiger partial charge in [-0.1, -0.05) is 6.07 Å². The third kappa shape index (κ3) is 4.61. The monoisotopic (exact) mass is 442 g/mol. The van der Waals surface area contributed by atoms with E-state index in [0.29, 0.717) is 0 Å². The normalized spacial score (nSPS) is 10.9. The van der Waals surface area contributed by atoms with Crippen LogP contribution in [0.15, 0.2) is 51.8 Å². The molecule has 0 saturated carbocycles. The Morgan fingerprint density at radius 1 is 1.04 bits per heavy atom. The summed E-state index contributed by atoms with van der Waals surface area (Å²) in [5.41, 5.74) is 0.349. The van der Waals surface area contributed by atoms with Crippen molar-refractivity contribution in [3.05, 3.63) is 58.1 Å². The first kappa shape index (κ1) is 19.9. The van der Waals surface area contributed by atoms with E-state index in [0.717, 1.165) is 0 Å². The summed E-state index contributed by atoms with van der Waals surface area (Å²) in [5, 5.41) is 0. The summed E-state index contributed by atoms with van der Waals surface area (Å²) in [7, 11) is -2.98. The van der Waals surface area contributed by atoms with Crippen LogP contribution in [-0.2, 0) is 19.6 Å². The minimum absolute atomic E-state index is 0.0470. The number of esters is 2. The van der Waals surface area contributed by atoms with Crippen LogP contribution in [0, 0.1) is 0 Å². The molecule has 2 rings (SSSR count). The Bertz CT molecular complexity index is 938. The van der Waals surface area contributed by atoms with Gasteiger partial charge in [-0.25, -0.2) is 9.59 Å². The van der Waals surface area contributed by atoms with Gasteiger partial charge in [-0.3, -0.25) is 0 Å². The fourth-order valence-corrected chi connectivity index (χ4v) is 3.96. The molecule has 0 spiro atoms. The number of rotatable bonds is 6. The van der Waals surface area contributed by atoms with Gasteiger partial charge in [-0.05, 0) is 59.3 Å². The van der Waals surface area contributed by atoms with Crippen molar-refractivity contribution in [3.8, 4) is 5.75 Å². The first-order valence-corrected chi connectivity index (χ1v) is 9.58. The highest BCUT2D eigenvalue weighted by Gasteiger charge is 2.22. The fraction of sp³-hybridized carbons (Fsp3) is 0.176. The zero-order valence-electron chi connectivity index (χ0n) is 13.9. The number of halogens is 1. The Balaban J connectivity index is 2.31. The number of ether oxygens (including phenoxy) is 2. The second kappa shape index (κ2) is 8.33. The number of hydrogen-bond acceptors (Lipinski definition) is 7. The van der Waals surface area contributed by atoms with Gasteiger partial charge in [0.25, 0.3) is 0 Å². The highest BCUT2D eigenvalue weighted by Crippen LogP contribution is 2.27. The van der Waals surface area contributed by atoms with Crippen LogP contribution < -0.4 is 4.18 Å².